The van der Waals surface area contributed by atoms with Crippen molar-refractivity contribution in [2.75, 3.05) is 0 Å². The molecule has 2 aromatic rings. The van der Waals surface area contributed by atoms with Crippen LogP contribution in [0.25, 0.3) is 0 Å². The number of phosphoric acid groups is 1. The Morgan fingerprint density at radius 2 is 1.04 bits per heavy atom. The van der Waals surface area contributed by atoms with Gasteiger partial charge in [0.05, 0.1) is 6.10 Å². The molecule has 0 fully saturated rings. The van der Waals surface area contributed by atoms with Crippen LogP contribution >= 0.6 is 7.82 Å². The Kier molecular flexibility index (Phi) is 10.6. The zero-order valence-corrected chi connectivity index (χ0v) is 23.1. The van der Waals surface area contributed by atoms with E-state index in [0.717, 1.165) is 0 Å². The Bertz CT molecular complexity index is 1380. The number of hydrogen-bond acceptors (Lipinski definition) is 3. The maximum absolute atomic E-state index is 14.6. The minimum Gasteiger partial charge on any atom is -0.404 e. The third kappa shape index (κ3) is 6.50. The van der Waals surface area contributed by atoms with Gasteiger partial charge in [0.25, 0.3) is 0 Å². The fourth-order valence-electron chi connectivity index (χ4n) is 3.59. The fourth-order valence-corrected chi connectivity index (χ4v) is 4.57. The molecule has 262 valence electrons. The normalized spacial score (nSPS) is 16.6. The topological polar surface area (TPSA) is 55.8 Å². The molecule has 2 rings (SSSR count). The van der Waals surface area contributed by atoms with E-state index in [1.165, 1.54) is 37.3 Å². The highest BCUT2D eigenvalue weighted by molar-refractivity contribution is 7.47. The molecular formula is C24H18F17O4P. The first-order chi connectivity index (χ1) is 20.5. The summed E-state index contributed by atoms with van der Waals surface area (Å²) in [5.74, 6) is -57.5. The van der Waals surface area contributed by atoms with Crippen molar-refractivity contribution in [1.29, 1.82) is 0 Å². The Labute approximate surface area is 246 Å². The lowest BCUT2D eigenvalue weighted by Crippen LogP contribution is -2.74. The molecule has 1 N–H and O–H groups in total. The highest BCUT2D eigenvalue weighted by atomic mass is 31.2. The van der Waals surface area contributed by atoms with Crippen LogP contribution in [0.1, 0.15) is 37.0 Å². The molecule has 0 saturated heterocycles. The van der Waals surface area contributed by atoms with Crippen LogP contribution in [-0.4, -0.2) is 46.6 Å². The van der Waals surface area contributed by atoms with Crippen molar-refractivity contribution in [2.45, 2.75) is 73.5 Å². The zero-order valence-electron chi connectivity index (χ0n) is 22.2. The van der Waals surface area contributed by atoms with Gasteiger partial charge >= 0.3 is 55.5 Å². The van der Waals surface area contributed by atoms with E-state index in [1.54, 1.807) is 0 Å². The monoisotopic (exact) mass is 724 g/mol. The van der Waals surface area contributed by atoms with Crippen LogP contribution in [-0.2, 0) is 15.0 Å². The maximum atomic E-state index is 14.6. The van der Waals surface area contributed by atoms with Gasteiger partial charge < -0.3 is 4.52 Å². The van der Waals surface area contributed by atoms with Crippen LogP contribution in [0.3, 0.4) is 0 Å². The van der Waals surface area contributed by atoms with E-state index in [0.29, 0.717) is 12.1 Å². The first kappa shape index (κ1) is 39.4. The average molecular weight is 724 g/mol. The molecule has 2 unspecified atom stereocenters. The van der Waals surface area contributed by atoms with Gasteiger partial charge in [0, 0.05) is 5.56 Å². The molecule has 2 aromatic carbocycles. The quantitative estimate of drug-likeness (QED) is 0.156. The van der Waals surface area contributed by atoms with Crippen molar-refractivity contribution < 1.29 is 93.1 Å². The lowest BCUT2D eigenvalue weighted by atomic mass is 9.87. The molecule has 0 saturated carbocycles. The molecule has 0 aliphatic heterocycles. The summed E-state index contributed by atoms with van der Waals surface area (Å²) in [5, 5.41) is 0. The van der Waals surface area contributed by atoms with Gasteiger partial charge in [-0.2, -0.15) is 74.6 Å². The van der Waals surface area contributed by atoms with E-state index in [1.807, 2.05) is 0 Å². The second-order valence-electron chi connectivity index (χ2n) is 9.40. The number of alkyl halides is 17. The van der Waals surface area contributed by atoms with Crippen LogP contribution in [0.15, 0.2) is 54.6 Å². The third-order valence-corrected chi connectivity index (χ3v) is 7.10. The van der Waals surface area contributed by atoms with Crippen molar-refractivity contribution >= 4 is 7.82 Å². The summed E-state index contributed by atoms with van der Waals surface area (Å²) in [6.07, 6.45) is -9.59. The smallest absolute Gasteiger partial charge is 0.404 e. The molecule has 0 spiro atoms. The van der Waals surface area contributed by atoms with E-state index in [9.17, 15) is 84.1 Å². The number of phosphoric ester groups is 1. The van der Waals surface area contributed by atoms with E-state index in [4.69, 9.17) is 9.05 Å². The van der Waals surface area contributed by atoms with Crippen LogP contribution < -0.4 is 4.52 Å². The summed E-state index contributed by atoms with van der Waals surface area (Å²) >= 11 is 0. The SMILES string of the molecule is CCCC(OP(=O)(O)Oc1ccccc1)c1ccc(C(F)(F)C(F)(F)C(F)(F)C(F)(F)C(F)(F)C(F)(F)C(F)(F)C(F)(F)F)cc1. The van der Waals surface area contributed by atoms with Crippen molar-refractivity contribution in [1.82, 2.24) is 0 Å². The average Bonchev–Trinajstić information content (AvgIpc) is 2.91. The van der Waals surface area contributed by atoms with Crippen molar-refractivity contribution in [3.05, 3.63) is 65.7 Å². The van der Waals surface area contributed by atoms with Crippen molar-refractivity contribution in [3.8, 4) is 5.75 Å². The van der Waals surface area contributed by atoms with Gasteiger partial charge in [0.2, 0.25) is 0 Å². The minimum atomic E-state index is -8.73. The van der Waals surface area contributed by atoms with E-state index in [-0.39, 0.29) is 30.7 Å². The standard InChI is InChI=1S/C24H18F17O4P/c1-2-6-16(45-46(42,43)44-15-7-4-3-5-8-15)13-9-11-14(12-10-13)17(25,26)18(27,28)19(29,30)20(31,32)21(33,34)22(35,36)23(37,38)24(39,40)41/h3-5,7-12,16H,2,6H2,1H3,(H,42,43). The first-order valence-corrected chi connectivity index (χ1v) is 13.5. The number of halogens is 17. The number of rotatable bonds is 14. The molecule has 46 heavy (non-hydrogen) atoms. The Morgan fingerprint density at radius 1 is 0.630 bits per heavy atom. The van der Waals surface area contributed by atoms with E-state index >= 15 is 0 Å². The fraction of sp³-hybridized carbons (Fsp3) is 0.500. The molecule has 0 bridgehead atoms. The Morgan fingerprint density at radius 3 is 1.46 bits per heavy atom. The molecule has 22 heteroatoms. The van der Waals surface area contributed by atoms with Crippen LogP contribution in [0.2, 0.25) is 0 Å². The van der Waals surface area contributed by atoms with Gasteiger partial charge in [-0.25, -0.2) is 4.57 Å². The number of hydrogen-bond donors (Lipinski definition) is 1. The van der Waals surface area contributed by atoms with E-state index in [2.05, 4.69) is 0 Å². The molecule has 0 aliphatic rings. The van der Waals surface area contributed by atoms with Crippen LogP contribution in [0.5, 0.6) is 5.75 Å². The predicted octanol–water partition coefficient (Wildman–Crippen LogP) is 10.2. The summed E-state index contributed by atoms with van der Waals surface area (Å²) < 4.78 is 253. The predicted molar refractivity (Wildman–Crippen MR) is 122 cm³/mol. The highest BCUT2D eigenvalue weighted by Crippen LogP contribution is 2.65. The van der Waals surface area contributed by atoms with E-state index < -0.39 is 72.7 Å². The second kappa shape index (κ2) is 12.3. The molecule has 0 amide bonds. The van der Waals surface area contributed by atoms with Crippen molar-refractivity contribution in [3.63, 3.8) is 0 Å². The summed E-state index contributed by atoms with van der Waals surface area (Å²) in [6, 6.07) is 6.83. The van der Waals surface area contributed by atoms with Crippen molar-refractivity contribution in [2.24, 2.45) is 0 Å². The van der Waals surface area contributed by atoms with Gasteiger partial charge in [0.15, 0.2) is 0 Å². The minimum absolute atomic E-state index is 0.0967. The largest absolute Gasteiger partial charge is 0.528 e. The highest BCUT2D eigenvalue weighted by Gasteiger charge is 2.95. The maximum Gasteiger partial charge on any atom is 0.528 e. The van der Waals surface area contributed by atoms with Gasteiger partial charge in [-0.3, -0.25) is 9.42 Å². The van der Waals surface area contributed by atoms with Gasteiger partial charge in [0.1, 0.15) is 5.75 Å². The lowest BCUT2D eigenvalue weighted by molar-refractivity contribution is -0.462. The van der Waals surface area contributed by atoms with Gasteiger partial charge in [-0.15, -0.1) is 0 Å². The van der Waals surface area contributed by atoms with Crippen LogP contribution in [0.4, 0.5) is 74.6 Å². The molecule has 0 aliphatic carbocycles. The first-order valence-electron chi connectivity index (χ1n) is 12.0. The Balaban J connectivity index is 2.49. The Hall–Kier alpha value is -2.80. The second-order valence-corrected chi connectivity index (χ2v) is 10.7. The molecule has 4 nitrogen and oxygen atoms in total. The number of para-hydroxylation sites is 1. The molecule has 0 aromatic heterocycles. The lowest BCUT2D eigenvalue weighted by Gasteiger charge is -2.42. The summed E-state index contributed by atoms with van der Waals surface area (Å²) in [4.78, 5) is 10.0. The van der Waals surface area contributed by atoms with Crippen LogP contribution in [0, 0.1) is 0 Å². The summed E-state index contributed by atoms with van der Waals surface area (Å²) in [7, 11) is -5.04. The summed E-state index contributed by atoms with van der Waals surface area (Å²) in [6.45, 7) is 1.45. The molecule has 0 heterocycles. The summed E-state index contributed by atoms with van der Waals surface area (Å²) in [5.41, 5.74) is -2.87. The third-order valence-electron chi connectivity index (χ3n) is 6.14. The molecular weight excluding hydrogens is 706 g/mol. The van der Waals surface area contributed by atoms with Gasteiger partial charge in [-0.05, 0) is 24.1 Å². The molecule has 2 atom stereocenters. The number of benzene rings is 2. The zero-order chi connectivity index (χ0) is 36.0. The van der Waals surface area contributed by atoms with Gasteiger partial charge in [-0.1, -0.05) is 55.8 Å². The molecule has 0 radical (unpaired) electrons.